The highest BCUT2D eigenvalue weighted by molar-refractivity contribution is 5.69. The lowest BCUT2D eigenvalue weighted by molar-refractivity contribution is 0.410. The molecule has 0 fully saturated rings. The number of oxazole rings is 1. The van der Waals surface area contributed by atoms with Crippen molar-refractivity contribution in [2.75, 3.05) is 12.4 Å². The van der Waals surface area contributed by atoms with Crippen LogP contribution in [0.1, 0.15) is 5.56 Å². The Bertz CT molecular complexity index is 661. The van der Waals surface area contributed by atoms with E-state index in [2.05, 4.69) is 15.3 Å². The van der Waals surface area contributed by atoms with Crippen molar-refractivity contribution < 1.29 is 9.15 Å². The Morgan fingerprint density at radius 1 is 1.21 bits per heavy atom. The molecule has 1 N–H and O–H groups in total. The number of benzene rings is 1. The molecule has 0 bridgehead atoms. The number of ether oxygens (including phenoxy) is 1. The van der Waals surface area contributed by atoms with Crippen molar-refractivity contribution in [1.29, 1.82) is 0 Å². The van der Waals surface area contributed by atoms with E-state index >= 15 is 0 Å². The van der Waals surface area contributed by atoms with Gasteiger partial charge in [-0.2, -0.15) is 4.98 Å². The van der Waals surface area contributed by atoms with Gasteiger partial charge in [-0.1, -0.05) is 18.2 Å². The molecule has 96 valence electrons. The minimum absolute atomic E-state index is 0.458. The smallest absolute Gasteiger partial charge is 0.297 e. The van der Waals surface area contributed by atoms with Crippen LogP contribution < -0.4 is 10.1 Å². The molecule has 1 aromatic carbocycles. The Morgan fingerprint density at radius 3 is 2.95 bits per heavy atom. The summed E-state index contributed by atoms with van der Waals surface area (Å²) in [4.78, 5) is 8.37. The number of anilines is 1. The van der Waals surface area contributed by atoms with E-state index in [1.165, 1.54) is 0 Å². The molecule has 2 aromatic heterocycles. The molecule has 0 spiro atoms. The maximum atomic E-state index is 5.54. The van der Waals surface area contributed by atoms with Gasteiger partial charge in [-0.3, -0.25) is 0 Å². The summed E-state index contributed by atoms with van der Waals surface area (Å²) < 4.78 is 10.8. The van der Waals surface area contributed by atoms with Crippen molar-refractivity contribution >= 4 is 17.2 Å². The van der Waals surface area contributed by atoms with E-state index in [0.717, 1.165) is 11.3 Å². The van der Waals surface area contributed by atoms with Crippen molar-refractivity contribution in [2.24, 2.45) is 0 Å². The first-order valence-electron chi connectivity index (χ1n) is 5.94. The first-order chi connectivity index (χ1) is 9.36. The van der Waals surface area contributed by atoms with Crippen LogP contribution in [0.3, 0.4) is 0 Å². The molecule has 0 unspecified atom stereocenters. The van der Waals surface area contributed by atoms with Crippen LogP contribution in [0.25, 0.3) is 11.2 Å². The molecule has 3 rings (SSSR count). The largest absolute Gasteiger partial charge is 0.496 e. The van der Waals surface area contributed by atoms with E-state index in [-0.39, 0.29) is 0 Å². The number of hydrogen-bond acceptors (Lipinski definition) is 5. The molecule has 0 amide bonds. The summed E-state index contributed by atoms with van der Waals surface area (Å²) in [5, 5.41) is 3.13. The molecule has 0 aliphatic carbocycles. The van der Waals surface area contributed by atoms with E-state index in [1.807, 2.05) is 36.4 Å². The summed E-state index contributed by atoms with van der Waals surface area (Å²) in [5.41, 5.74) is 2.32. The zero-order valence-electron chi connectivity index (χ0n) is 10.5. The molecule has 0 saturated carbocycles. The monoisotopic (exact) mass is 255 g/mol. The summed E-state index contributed by atoms with van der Waals surface area (Å²) in [5.74, 6) is 0.837. The van der Waals surface area contributed by atoms with E-state index in [4.69, 9.17) is 9.15 Å². The van der Waals surface area contributed by atoms with E-state index in [1.54, 1.807) is 13.3 Å². The quantitative estimate of drug-likeness (QED) is 0.776. The number of fused-ring (bicyclic) bond motifs is 1. The van der Waals surface area contributed by atoms with Gasteiger partial charge in [-0.25, -0.2) is 4.98 Å². The van der Waals surface area contributed by atoms with Gasteiger partial charge in [-0.05, 0) is 18.2 Å². The Morgan fingerprint density at radius 2 is 2.11 bits per heavy atom. The predicted molar refractivity (Wildman–Crippen MR) is 72.1 cm³/mol. The SMILES string of the molecule is COc1ccccc1CNc1nc2ncccc2o1. The maximum absolute atomic E-state index is 5.54. The number of aromatic nitrogens is 2. The predicted octanol–water partition coefficient (Wildman–Crippen LogP) is 2.84. The highest BCUT2D eigenvalue weighted by atomic mass is 16.5. The molecule has 0 aliphatic heterocycles. The first-order valence-corrected chi connectivity index (χ1v) is 5.94. The third kappa shape index (κ3) is 2.35. The van der Waals surface area contributed by atoms with Crippen molar-refractivity contribution in [2.45, 2.75) is 6.54 Å². The van der Waals surface area contributed by atoms with Crippen LogP contribution in [0.2, 0.25) is 0 Å². The molecule has 0 saturated heterocycles. The van der Waals surface area contributed by atoms with Gasteiger partial charge in [0.25, 0.3) is 6.01 Å². The number of methoxy groups -OCH3 is 1. The summed E-state index contributed by atoms with van der Waals surface area (Å²) in [7, 11) is 1.65. The standard InChI is InChI=1S/C14H13N3O2/c1-18-11-6-3-2-5-10(11)9-16-14-17-13-12(19-14)7-4-8-15-13/h2-8H,9H2,1H3,(H,15,16,17). The van der Waals surface area contributed by atoms with E-state index in [9.17, 15) is 0 Å². The fraction of sp³-hybridized carbons (Fsp3) is 0.143. The highest BCUT2D eigenvalue weighted by Gasteiger charge is 2.07. The van der Waals surface area contributed by atoms with Crippen molar-refractivity contribution in [3.05, 3.63) is 48.2 Å². The Kier molecular flexibility index (Phi) is 3.02. The van der Waals surface area contributed by atoms with Gasteiger partial charge in [0.1, 0.15) is 5.75 Å². The van der Waals surface area contributed by atoms with Crippen LogP contribution in [-0.4, -0.2) is 17.1 Å². The number of nitrogens with one attached hydrogen (secondary N) is 1. The highest BCUT2D eigenvalue weighted by Crippen LogP contribution is 2.20. The molecule has 3 aromatic rings. The zero-order valence-corrected chi connectivity index (χ0v) is 10.5. The van der Waals surface area contributed by atoms with Crippen LogP contribution in [0.5, 0.6) is 5.75 Å². The lowest BCUT2D eigenvalue weighted by Gasteiger charge is -2.07. The van der Waals surface area contributed by atoms with Gasteiger partial charge < -0.3 is 14.5 Å². The average Bonchev–Trinajstić information content (AvgIpc) is 2.88. The molecule has 0 atom stereocenters. The lowest BCUT2D eigenvalue weighted by Crippen LogP contribution is -2.01. The molecular weight excluding hydrogens is 242 g/mol. The van der Waals surface area contributed by atoms with Gasteiger partial charge >= 0.3 is 0 Å². The number of nitrogens with zero attached hydrogens (tertiary/aromatic N) is 2. The summed E-state index contributed by atoms with van der Waals surface area (Å²) >= 11 is 0. The molecule has 2 heterocycles. The van der Waals surface area contributed by atoms with Gasteiger partial charge in [0.05, 0.1) is 7.11 Å². The lowest BCUT2D eigenvalue weighted by atomic mass is 10.2. The molecule has 19 heavy (non-hydrogen) atoms. The van der Waals surface area contributed by atoms with E-state index < -0.39 is 0 Å². The first kappa shape index (κ1) is 11.5. The second kappa shape index (κ2) is 4.97. The zero-order chi connectivity index (χ0) is 13.1. The van der Waals surface area contributed by atoms with Crippen molar-refractivity contribution in [1.82, 2.24) is 9.97 Å². The Labute approximate surface area is 110 Å². The van der Waals surface area contributed by atoms with Gasteiger partial charge in [0.2, 0.25) is 5.65 Å². The third-order valence-corrected chi connectivity index (χ3v) is 2.79. The van der Waals surface area contributed by atoms with Crippen molar-refractivity contribution in [3.8, 4) is 5.75 Å². The van der Waals surface area contributed by atoms with Crippen LogP contribution in [0, 0.1) is 0 Å². The van der Waals surface area contributed by atoms with Crippen molar-refractivity contribution in [3.63, 3.8) is 0 Å². The number of hydrogen-bond donors (Lipinski definition) is 1. The fourth-order valence-corrected chi connectivity index (χ4v) is 1.86. The molecule has 5 nitrogen and oxygen atoms in total. The second-order valence-electron chi connectivity index (χ2n) is 4.01. The normalized spacial score (nSPS) is 10.6. The van der Waals surface area contributed by atoms with Crippen LogP contribution in [0.15, 0.2) is 47.0 Å². The second-order valence-corrected chi connectivity index (χ2v) is 4.01. The van der Waals surface area contributed by atoms with Crippen LogP contribution in [-0.2, 0) is 6.54 Å². The molecule has 0 radical (unpaired) electrons. The molecule has 0 aliphatic rings. The number of pyridine rings is 1. The topological polar surface area (TPSA) is 60.2 Å². The average molecular weight is 255 g/mol. The van der Waals surface area contributed by atoms with Gasteiger partial charge in [-0.15, -0.1) is 0 Å². The van der Waals surface area contributed by atoms with E-state index in [0.29, 0.717) is 23.8 Å². The Balaban J connectivity index is 1.78. The summed E-state index contributed by atoms with van der Waals surface area (Å²) in [6.07, 6.45) is 1.69. The number of rotatable bonds is 4. The minimum Gasteiger partial charge on any atom is -0.496 e. The summed E-state index contributed by atoms with van der Waals surface area (Å²) in [6, 6.07) is 11.9. The molecule has 5 heteroatoms. The van der Waals surface area contributed by atoms with Gasteiger partial charge in [0, 0.05) is 18.3 Å². The number of para-hydroxylation sites is 1. The van der Waals surface area contributed by atoms with Crippen LogP contribution >= 0.6 is 0 Å². The summed E-state index contributed by atoms with van der Waals surface area (Å²) in [6.45, 7) is 0.580. The minimum atomic E-state index is 0.458. The Hall–Kier alpha value is -2.56. The van der Waals surface area contributed by atoms with Gasteiger partial charge in [0.15, 0.2) is 5.58 Å². The molecular formula is C14H13N3O2. The third-order valence-electron chi connectivity index (χ3n) is 2.79. The fourth-order valence-electron chi connectivity index (χ4n) is 1.86. The maximum Gasteiger partial charge on any atom is 0.297 e. The van der Waals surface area contributed by atoms with Crippen LogP contribution in [0.4, 0.5) is 6.01 Å².